The van der Waals surface area contributed by atoms with E-state index in [9.17, 15) is 18.0 Å². The lowest BCUT2D eigenvalue weighted by Crippen LogP contribution is -2.22. The lowest BCUT2D eigenvalue weighted by Gasteiger charge is -2.14. The summed E-state index contributed by atoms with van der Waals surface area (Å²) < 4.78 is 23.9. The average Bonchev–Trinajstić information content (AvgIpc) is 2.25. The molecule has 0 heterocycles. The quantitative estimate of drug-likeness (QED) is 0.552. The number of aliphatic hydroxyl groups is 1. The van der Waals surface area contributed by atoms with Crippen molar-refractivity contribution in [3.63, 3.8) is 0 Å². The van der Waals surface area contributed by atoms with Gasteiger partial charge in [0.15, 0.2) is 9.84 Å². The Bertz CT molecular complexity index is 384. The molecule has 0 aliphatic carbocycles. The van der Waals surface area contributed by atoms with Crippen LogP contribution < -0.4 is 0 Å². The molecule has 0 saturated carbocycles. The number of carbonyl (C=O) groups excluding carboxylic acids is 2. The Morgan fingerprint density at radius 3 is 1.90 bits per heavy atom. The molecule has 0 saturated heterocycles. The zero-order chi connectivity index (χ0) is 15.6. The number of carbonyl (C=O) groups is 2. The predicted molar refractivity (Wildman–Crippen MR) is 78.3 cm³/mol. The van der Waals surface area contributed by atoms with Gasteiger partial charge in [0.2, 0.25) is 0 Å². The van der Waals surface area contributed by atoms with E-state index in [2.05, 4.69) is 0 Å². The number of ketones is 2. The molecule has 0 aromatic heterocycles. The van der Waals surface area contributed by atoms with Crippen molar-refractivity contribution in [3.8, 4) is 0 Å². The standard InChI is InChI=1S/C14H26O5S/c1-12(16)9-14(10-13(2)17)11-20(18,19)8-6-4-3-5-7-15/h14-15H,3-11H2,1-2H3. The highest BCUT2D eigenvalue weighted by Gasteiger charge is 2.21. The van der Waals surface area contributed by atoms with Crippen LogP contribution in [0.3, 0.4) is 0 Å². The molecule has 118 valence electrons. The Hall–Kier alpha value is -0.750. The smallest absolute Gasteiger partial charge is 0.150 e. The molecule has 0 radical (unpaired) electrons. The molecule has 0 fully saturated rings. The maximum Gasteiger partial charge on any atom is 0.150 e. The van der Waals surface area contributed by atoms with Crippen LogP contribution in [0, 0.1) is 5.92 Å². The van der Waals surface area contributed by atoms with Gasteiger partial charge in [0.25, 0.3) is 0 Å². The van der Waals surface area contributed by atoms with E-state index >= 15 is 0 Å². The lowest BCUT2D eigenvalue weighted by molar-refractivity contribution is -0.119. The predicted octanol–water partition coefficient (Wildman–Crippen LogP) is 1.53. The van der Waals surface area contributed by atoms with Gasteiger partial charge in [0.05, 0.1) is 11.5 Å². The summed E-state index contributed by atoms with van der Waals surface area (Å²) in [6.45, 7) is 2.95. The van der Waals surface area contributed by atoms with E-state index in [1.165, 1.54) is 13.8 Å². The van der Waals surface area contributed by atoms with Gasteiger partial charge < -0.3 is 14.7 Å². The van der Waals surface area contributed by atoms with Gasteiger partial charge in [0.1, 0.15) is 11.6 Å². The summed E-state index contributed by atoms with van der Waals surface area (Å²) in [5.41, 5.74) is 0. The summed E-state index contributed by atoms with van der Waals surface area (Å²) in [6, 6.07) is 0. The fraction of sp³-hybridized carbons (Fsp3) is 0.857. The number of sulfone groups is 1. The lowest BCUT2D eigenvalue weighted by atomic mass is 9.99. The van der Waals surface area contributed by atoms with Crippen LogP contribution in [0.25, 0.3) is 0 Å². The van der Waals surface area contributed by atoms with Crippen LogP contribution in [0.2, 0.25) is 0 Å². The third-order valence-electron chi connectivity index (χ3n) is 3.01. The zero-order valence-electron chi connectivity index (χ0n) is 12.4. The molecule has 0 aromatic rings. The van der Waals surface area contributed by atoms with Crippen molar-refractivity contribution in [2.75, 3.05) is 18.1 Å². The van der Waals surface area contributed by atoms with Crippen LogP contribution in [0.5, 0.6) is 0 Å². The molecule has 0 bridgehead atoms. The summed E-state index contributed by atoms with van der Waals surface area (Å²) in [4.78, 5) is 22.2. The van der Waals surface area contributed by atoms with Crippen molar-refractivity contribution in [3.05, 3.63) is 0 Å². The Morgan fingerprint density at radius 2 is 1.45 bits per heavy atom. The van der Waals surface area contributed by atoms with Crippen LogP contribution in [-0.4, -0.2) is 43.2 Å². The molecule has 0 unspecified atom stereocenters. The van der Waals surface area contributed by atoms with Gasteiger partial charge in [-0.2, -0.15) is 0 Å². The van der Waals surface area contributed by atoms with Gasteiger partial charge in [-0.3, -0.25) is 0 Å². The SMILES string of the molecule is CC(=O)CC(CC(C)=O)CS(=O)(=O)CCCCCCO. The van der Waals surface area contributed by atoms with Crippen LogP contribution in [0.1, 0.15) is 52.4 Å². The number of hydrogen-bond acceptors (Lipinski definition) is 5. The Labute approximate surface area is 121 Å². The fourth-order valence-electron chi connectivity index (χ4n) is 2.23. The van der Waals surface area contributed by atoms with Gasteiger partial charge in [-0.25, -0.2) is 8.42 Å². The van der Waals surface area contributed by atoms with Gasteiger partial charge >= 0.3 is 0 Å². The summed E-state index contributed by atoms with van der Waals surface area (Å²) in [5, 5.41) is 8.63. The third kappa shape index (κ3) is 11.1. The second-order valence-electron chi connectivity index (χ2n) is 5.43. The number of rotatable bonds is 12. The molecule has 5 nitrogen and oxygen atoms in total. The minimum atomic E-state index is -3.23. The van der Waals surface area contributed by atoms with E-state index in [4.69, 9.17) is 5.11 Å². The van der Waals surface area contributed by atoms with Crippen LogP contribution >= 0.6 is 0 Å². The van der Waals surface area contributed by atoms with E-state index in [1.807, 2.05) is 0 Å². The largest absolute Gasteiger partial charge is 0.396 e. The maximum atomic E-state index is 12.0. The second-order valence-corrected chi connectivity index (χ2v) is 7.66. The van der Waals surface area contributed by atoms with Crippen LogP contribution in [0.15, 0.2) is 0 Å². The average molecular weight is 306 g/mol. The van der Waals surface area contributed by atoms with Crippen molar-refractivity contribution in [2.45, 2.75) is 52.4 Å². The Kier molecular flexibility index (Phi) is 9.67. The fourth-order valence-corrected chi connectivity index (χ4v) is 4.00. The minimum absolute atomic E-state index is 0.0880. The van der Waals surface area contributed by atoms with Gasteiger partial charge in [-0.05, 0) is 32.6 Å². The first-order chi connectivity index (χ1) is 9.26. The topological polar surface area (TPSA) is 88.5 Å². The molecule has 0 aliphatic rings. The molecule has 0 aliphatic heterocycles. The molecule has 0 atom stereocenters. The summed E-state index contributed by atoms with van der Waals surface area (Å²) in [6.07, 6.45) is 3.12. The summed E-state index contributed by atoms with van der Waals surface area (Å²) in [5.74, 6) is -0.576. The first-order valence-corrected chi connectivity index (χ1v) is 8.89. The van der Waals surface area contributed by atoms with Crippen molar-refractivity contribution >= 4 is 21.4 Å². The summed E-state index contributed by atoms with van der Waals surface area (Å²) >= 11 is 0. The second kappa shape index (κ2) is 10.0. The molecule has 0 amide bonds. The number of hydrogen-bond donors (Lipinski definition) is 1. The van der Waals surface area contributed by atoms with Crippen molar-refractivity contribution in [1.29, 1.82) is 0 Å². The first-order valence-electron chi connectivity index (χ1n) is 7.07. The molecule has 1 N–H and O–H groups in total. The van der Waals surface area contributed by atoms with Crippen molar-refractivity contribution in [1.82, 2.24) is 0 Å². The molecule has 0 rings (SSSR count). The van der Waals surface area contributed by atoms with E-state index < -0.39 is 15.8 Å². The first kappa shape index (κ1) is 19.2. The third-order valence-corrected chi connectivity index (χ3v) is 4.90. The molecule has 0 spiro atoms. The summed E-state index contributed by atoms with van der Waals surface area (Å²) in [7, 11) is -3.23. The van der Waals surface area contributed by atoms with E-state index in [0.29, 0.717) is 12.8 Å². The normalized spacial score (nSPS) is 11.8. The van der Waals surface area contributed by atoms with E-state index in [1.54, 1.807) is 0 Å². The Balaban J connectivity index is 4.29. The molecular formula is C14H26O5S. The highest BCUT2D eigenvalue weighted by Crippen LogP contribution is 2.15. The van der Waals surface area contributed by atoms with E-state index in [-0.39, 0.29) is 42.5 Å². The van der Waals surface area contributed by atoms with E-state index in [0.717, 1.165) is 12.8 Å². The van der Waals surface area contributed by atoms with Gasteiger partial charge in [-0.1, -0.05) is 12.8 Å². The molecule has 0 aromatic carbocycles. The highest BCUT2D eigenvalue weighted by atomic mass is 32.2. The number of unbranched alkanes of at least 4 members (excludes halogenated alkanes) is 3. The molecular weight excluding hydrogens is 280 g/mol. The van der Waals surface area contributed by atoms with Crippen molar-refractivity contribution < 1.29 is 23.1 Å². The Morgan fingerprint density at radius 1 is 0.950 bits per heavy atom. The van der Waals surface area contributed by atoms with Crippen LogP contribution in [0.4, 0.5) is 0 Å². The van der Waals surface area contributed by atoms with Crippen LogP contribution in [-0.2, 0) is 19.4 Å². The zero-order valence-corrected chi connectivity index (χ0v) is 13.2. The number of aliphatic hydroxyl groups excluding tert-OH is 1. The minimum Gasteiger partial charge on any atom is -0.396 e. The van der Waals surface area contributed by atoms with Crippen molar-refractivity contribution in [2.24, 2.45) is 5.92 Å². The maximum absolute atomic E-state index is 12.0. The monoisotopic (exact) mass is 306 g/mol. The highest BCUT2D eigenvalue weighted by molar-refractivity contribution is 7.91. The number of Topliss-reactive ketones (excluding diaryl/α,β-unsaturated/α-hetero) is 2. The molecule has 20 heavy (non-hydrogen) atoms. The molecule has 6 heteroatoms. The van der Waals surface area contributed by atoms with Gasteiger partial charge in [0, 0.05) is 19.4 Å². The van der Waals surface area contributed by atoms with Gasteiger partial charge in [-0.15, -0.1) is 0 Å².